The van der Waals surface area contributed by atoms with Crippen LogP contribution in [0.3, 0.4) is 0 Å². The Labute approximate surface area is 189 Å². The summed E-state index contributed by atoms with van der Waals surface area (Å²) in [7, 11) is 0. The minimum absolute atomic E-state index is 0.0158. The first kappa shape index (κ1) is 24.2. The van der Waals surface area contributed by atoms with E-state index in [2.05, 4.69) is 36.5 Å². The van der Waals surface area contributed by atoms with Gasteiger partial charge in [0.2, 0.25) is 11.8 Å². The molecule has 162 valence electrons. The summed E-state index contributed by atoms with van der Waals surface area (Å²) in [5.41, 5.74) is 3.00. The zero-order valence-corrected chi connectivity index (χ0v) is 19.6. The van der Waals surface area contributed by atoms with E-state index in [1.165, 1.54) is 5.56 Å². The third-order valence-electron chi connectivity index (χ3n) is 5.05. The summed E-state index contributed by atoms with van der Waals surface area (Å²) in [6, 6.07) is 12.8. The van der Waals surface area contributed by atoms with Gasteiger partial charge >= 0.3 is 0 Å². The summed E-state index contributed by atoms with van der Waals surface area (Å²) in [6.45, 7) is 7.80. The first-order chi connectivity index (χ1) is 14.2. The summed E-state index contributed by atoms with van der Waals surface area (Å²) >= 11 is 12.7. The molecule has 1 N–H and O–H groups in total. The fraction of sp³-hybridized carbons (Fsp3) is 0.417. The maximum Gasteiger partial charge on any atom is 0.242 e. The lowest BCUT2D eigenvalue weighted by Crippen LogP contribution is -2.49. The van der Waals surface area contributed by atoms with Crippen molar-refractivity contribution in [2.24, 2.45) is 0 Å². The van der Waals surface area contributed by atoms with Gasteiger partial charge in [-0.05, 0) is 56.9 Å². The van der Waals surface area contributed by atoms with Crippen LogP contribution in [0.1, 0.15) is 50.8 Å². The van der Waals surface area contributed by atoms with Crippen molar-refractivity contribution in [1.82, 2.24) is 10.2 Å². The number of hydrogen-bond acceptors (Lipinski definition) is 2. The number of nitrogens with zero attached hydrogens (tertiary/aromatic N) is 1. The highest BCUT2D eigenvalue weighted by Gasteiger charge is 2.27. The molecule has 1 atom stereocenters. The van der Waals surface area contributed by atoms with E-state index in [1.54, 1.807) is 30.0 Å². The van der Waals surface area contributed by atoms with Gasteiger partial charge in [0.15, 0.2) is 0 Å². The molecule has 0 aromatic heterocycles. The third-order valence-corrected chi connectivity index (χ3v) is 5.76. The normalized spacial score (nSPS) is 12.0. The van der Waals surface area contributed by atoms with Gasteiger partial charge in [0.1, 0.15) is 6.04 Å². The van der Waals surface area contributed by atoms with Crippen LogP contribution in [0.5, 0.6) is 0 Å². The number of nitrogens with one attached hydrogen (secondary N) is 1. The Bertz CT molecular complexity index is 846. The molecule has 0 spiro atoms. The van der Waals surface area contributed by atoms with Gasteiger partial charge in [0.05, 0.1) is 0 Å². The van der Waals surface area contributed by atoms with Crippen LogP contribution in [0.15, 0.2) is 42.5 Å². The Hall–Kier alpha value is -2.04. The topological polar surface area (TPSA) is 49.4 Å². The molecule has 0 aliphatic carbocycles. The molecule has 4 nitrogen and oxygen atoms in total. The predicted molar refractivity (Wildman–Crippen MR) is 124 cm³/mol. The first-order valence-electron chi connectivity index (χ1n) is 10.3. The van der Waals surface area contributed by atoms with E-state index in [1.807, 2.05) is 13.8 Å². The summed E-state index contributed by atoms with van der Waals surface area (Å²) in [4.78, 5) is 27.4. The highest BCUT2D eigenvalue weighted by Crippen LogP contribution is 2.27. The molecule has 2 amide bonds. The van der Waals surface area contributed by atoms with E-state index in [0.717, 1.165) is 12.0 Å². The molecule has 0 fully saturated rings. The molecule has 0 unspecified atom stereocenters. The van der Waals surface area contributed by atoms with E-state index in [9.17, 15) is 9.59 Å². The SMILES string of the molecule is CCc1ccc(CCC(=O)N(Cc2c(Cl)cccc2Cl)[C@@H](C)C(=O)NC(C)C)cc1. The predicted octanol–water partition coefficient (Wildman–Crippen LogP) is 5.43. The maximum absolute atomic E-state index is 13.2. The summed E-state index contributed by atoms with van der Waals surface area (Å²) in [6.07, 6.45) is 1.88. The second-order valence-corrected chi connectivity index (χ2v) is 8.55. The van der Waals surface area contributed by atoms with Gasteiger partial charge in [-0.1, -0.05) is 60.5 Å². The fourth-order valence-corrected chi connectivity index (χ4v) is 3.69. The number of halogens is 2. The van der Waals surface area contributed by atoms with Crippen molar-refractivity contribution in [3.8, 4) is 0 Å². The maximum atomic E-state index is 13.2. The van der Waals surface area contributed by atoms with Crippen LogP contribution in [0, 0.1) is 0 Å². The Balaban J connectivity index is 2.20. The number of amides is 2. The highest BCUT2D eigenvalue weighted by atomic mass is 35.5. The average Bonchev–Trinajstić information content (AvgIpc) is 2.71. The van der Waals surface area contributed by atoms with Crippen molar-refractivity contribution in [3.05, 3.63) is 69.2 Å². The lowest BCUT2D eigenvalue weighted by atomic mass is 10.0. The van der Waals surface area contributed by atoms with Crippen LogP contribution in [0.4, 0.5) is 0 Å². The molecule has 30 heavy (non-hydrogen) atoms. The van der Waals surface area contributed by atoms with E-state index in [0.29, 0.717) is 28.5 Å². The van der Waals surface area contributed by atoms with Crippen LogP contribution >= 0.6 is 23.2 Å². The van der Waals surface area contributed by atoms with Crippen molar-refractivity contribution < 1.29 is 9.59 Å². The van der Waals surface area contributed by atoms with Crippen LogP contribution in [-0.4, -0.2) is 28.8 Å². The second kappa shape index (κ2) is 11.4. The minimum Gasteiger partial charge on any atom is -0.352 e. The molecule has 2 rings (SSSR count). The Morgan fingerprint density at radius 2 is 1.53 bits per heavy atom. The van der Waals surface area contributed by atoms with Crippen LogP contribution in [0.2, 0.25) is 10.0 Å². The number of benzene rings is 2. The summed E-state index contributed by atoms with van der Waals surface area (Å²) < 4.78 is 0. The van der Waals surface area contributed by atoms with Crippen molar-refractivity contribution in [3.63, 3.8) is 0 Å². The van der Waals surface area contributed by atoms with E-state index in [4.69, 9.17) is 23.2 Å². The van der Waals surface area contributed by atoms with Crippen molar-refractivity contribution in [2.45, 2.75) is 65.6 Å². The Morgan fingerprint density at radius 1 is 0.967 bits per heavy atom. The summed E-state index contributed by atoms with van der Waals surface area (Å²) in [5, 5.41) is 3.84. The van der Waals surface area contributed by atoms with Gasteiger partial charge < -0.3 is 10.2 Å². The molecule has 2 aromatic rings. The molecule has 2 aromatic carbocycles. The zero-order chi connectivity index (χ0) is 22.3. The van der Waals surface area contributed by atoms with Gasteiger partial charge in [0.25, 0.3) is 0 Å². The number of hydrogen-bond donors (Lipinski definition) is 1. The number of carbonyl (C=O) groups is 2. The number of aryl methyl sites for hydroxylation is 2. The molecule has 0 aliphatic heterocycles. The zero-order valence-electron chi connectivity index (χ0n) is 18.0. The smallest absolute Gasteiger partial charge is 0.242 e. The Morgan fingerprint density at radius 3 is 2.07 bits per heavy atom. The quantitative estimate of drug-likeness (QED) is 0.555. The number of carbonyl (C=O) groups excluding carboxylic acids is 2. The molecule has 6 heteroatoms. The van der Waals surface area contributed by atoms with E-state index in [-0.39, 0.29) is 24.4 Å². The monoisotopic (exact) mass is 448 g/mol. The fourth-order valence-electron chi connectivity index (χ4n) is 3.18. The molecular formula is C24H30Cl2N2O2. The van der Waals surface area contributed by atoms with Crippen LogP contribution in [-0.2, 0) is 29.0 Å². The van der Waals surface area contributed by atoms with Gasteiger partial charge in [-0.15, -0.1) is 0 Å². The van der Waals surface area contributed by atoms with Gasteiger partial charge in [-0.3, -0.25) is 9.59 Å². The first-order valence-corrected chi connectivity index (χ1v) is 11.1. The standard InChI is InChI=1S/C24H30Cl2N2O2/c1-5-18-9-11-19(12-10-18)13-14-23(29)28(17(4)24(30)27-16(2)3)15-20-21(25)7-6-8-22(20)26/h6-12,16-17H,5,13-15H2,1-4H3,(H,27,30)/t17-/m0/s1. The highest BCUT2D eigenvalue weighted by molar-refractivity contribution is 6.36. The molecule has 0 saturated carbocycles. The lowest BCUT2D eigenvalue weighted by Gasteiger charge is -2.30. The molecule has 0 bridgehead atoms. The second-order valence-electron chi connectivity index (χ2n) is 7.73. The van der Waals surface area contributed by atoms with Gasteiger partial charge in [-0.25, -0.2) is 0 Å². The van der Waals surface area contributed by atoms with Crippen LogP contribution < -0.4 is 5.32 Å². The van der Waals surface area contributed by atoms with Crippen molar-refractivity contribution >= 4 is 35.0 Å². The van der Waals surface area contributed by atoms with Crippen LogP contribution in [0.25, 0.3) is 0 Å². The van der Waals surface area contributed by atoms with Gasteiger partial charge in [-0.2, -0.15) is 0 Å². The molecule has 0 aliphatic rings. The van der Waals surface area contributed by atoms with Crippen molar-refractivity contribution in [2.75, 3.05) is 0 Å². The minimum atomic E-state index is -0.644. The average molecular weight is 449 g/mol. The van der Waals surface area contributed by atoms with Crippen molar-refractivity contribution in [1.29, 1.82) is 0 Å². The molecular weight excluding hydrogens is 419 g/mol. The molecule has 0 saturated heterocycles. The molecule has 0 radical (unpaired) electrons. The Kier molecular flexibility index (Phi) is 9.19. The van der Waals surface area contributed by atoms with Gasteiger partial charge in [0, 0.05) is 34.6 Å². The van der Waals surface area contributed by atoms with E-state index >= 15 is 0 Å². The summed E-state index contributed by atoms with van der Waals surface area (Å²) in [5.74, 6) is -0.314. The van der Waals surface area contributed by atoms with E-state index < -0.39 is 6.04 Å². The lowest BCUT2D eigenvalue weighted by molar-refractivity contribution is -0.140. The third kappa shape index (κ3) is 6.75. The largest absolute Gasteiger partial charge is 0.352 e. The molecule has 0 heterocycles. The number of rotatable bonds is 9.